The van der Waals surface area contributed by atoms with Crippen LogP contribution in [0.4, 0.5) is 0 Å². The van der Waals surface area contributed by atoms with E-state index in [1.807, 2.05) is 48.5 Å². The van der Waals surface area contributed by atoms with E-state index in [0.717, 1.165) is 26.5 Å². The van der Waals surface area contributed by atoms with Crippen molar-refractivity contribution in [3.05, 3.63) is 64.8 Å². The van der Waals surface area contributed by atoms with Crippen molar-refractivity contribution in [2.24, 2.45) is 5.73 Å². The van der Waals surface area contributed by atoms with Crippen molar-refractivity contribution in [2.45, 2.75) is 0 Å². The van der Waals surface area contributed by atoms with E-state index in [0.29, 0.717) is 0 Å². The Hall–Kier alpha value is -2.20. The molecule has 0 aliphatic carbocycles. The predicted molar refractivity (Wildman–Crippen MR) is 83.4 cm³/mol. The van der Waals surface area contributed by atoms with Crippen molar-refractivity contribution in [3.8, 4) is 11.1 Å². The molecule has 0 bridgehead atoms. The number of pyridine rings is 1. The lowest BCUT2D eigenvalue weighted by atomic mass is 10.00. The number of carbonyl (C=O) groups excluding carboxylic acids is 1. The smallest absolute Gasteiger partial charge is 0.267 e. The van der Waals surface area contributed by atoms with Gasteiger partial charge in [0.25, 0.3) is 5.91 Å². The molecule has 0 saturated carbocycles. The molecular formula is C16H11BrN2O. The molecule has 3 rings (SSSR count). The summed E-state index contributed by atoms with van der Waals surface area (Å²) in [4.78, 5) is 15.7. The zero-order valence-corrected chi connectivity index (χ0v) is 12.1. The zero-order chi connectivity index (χ0) is 14.1. The molecule has 3 nitrogen and oxygen atoms in total. The summed E-state index contributed by atoms with van der Waals surface area (Å²) in [6.07, 6.45) is 0. The second kappa shape index (κ2) is 5.06. The summed E-state index contributed by atoms with van der Waals surface area (Å²) in [7, 11) is 0. The van der Waals surface area contributed by atoms with Crippen LogP contribution in [-0.2, 0) is 0 Å². The molecule has 0 spiro atoms. The van der Waals surface area contributed by atoms with E-state index in [-0.39, 0.29) is 5.69 Å². The SMILES string of the molecule is NC(=O)c1cc(-c2ccc(Br)cc2)c2ccccc2n1. The maximum absolute atomic E-state index is 11.4. The van der Waals surface area contributed by atoms with E-state index in [1.54, 1.807) is 6.07 Å². The minimum absolute atomic E-state index is 0.279. The van der Waals surface area contributed by atoms with Crippen molar-refractivity contribution in [3.63, 3.8) is 0 Å². The quantitative estimate of drug-likeness (QED) is 0.779. The maximum atomic E-state index is 11.4. The van der Waals surface area contributed by atoms with Crippen LogP contribution in [0.15, 0.2) is 59.1 Å². The Morgan fingerprint density at radius 3 is 2.45 bits per heavy atom. The average molecular weight is 327 g/mol. The highest BCUT2D eigenvalue weighted by atomic mass is 79.9. The van der Waals surface area contributed by atoms with Gasteiger partial charge in [0, 0.05) is 9.86 Å². The van der Waals surface area contributed by atoms with Crippen molar-refractivity contribution in [2.75, 3.05) is 0 Å². The molecule has 20 heavy (non-hydrogen) atoms. The molecule has 0 radical (unpaired) electrons. The number of nitrogens with two attached hydrogens (primary N) is 1. The van der Waals surface area contributed by atoms with Gasteiger partial charge in [-0.1, -0.05) is 46.3 Å². The van der Waals surface area contributed by atoms with E-state index in [2.05, 4.69) is 20.9 Å². The lowest BCUT2D eigenvalue weighted by molar-refractivity contribution is 0.0996. The number of carbonyl (C=O) groups is 1. The van der Waals surface area contributed by atoms with Gasteiger partial charge in [0.15, 0.2) is 0 Å². The number of hydrogen-bond acceptors (Lipinski definition) is 2. The largest absolute Gasteiger partial charge is 0.364 e. The molecule has 0 aliphatic heterocycles. The summed E-state index contributed by atoms with van der Waals surface area (Å²) in [6.45, 7) is 0. The molecule has 1 amide bonds. The van der Waals surface area contributed by atoms with Gasteiger partial charge in [0.1, 0.15) is 5.69 Å². The molecule has 0 saturated heterocycles. The monoisotopic (exact) mass is 326 g/mol. The van der Waals surface area contributed by atoms with Crippen LogP contribution in [0.1, 0.15) is 10.5 Å². The third-order valence-electron chi connectivity index (χ3n) is 3.12. The van der Waals surface area contributed by atoms with Crippen LogP contribution in [0.2, 0.25) is 0 Å². The van der Waals surface area contributed by atoms with Crippen LogP contribution in [-0.4, -0.2) is 10.9 Å². The lowest BCUT2D eigenvalue weighted by Crippen LogP contribution is -2.13. The second-order valence-electron chi connectivity index (χ2n) is 4.44. The van der Waals surface area contributed by atoms with Crippen LogP contribution >= 0.6 is 15.9 Å². The van der Waals surface area contributed by atoms with E-state index >= 15 is 0 Å². The number of aromatic nitrogens is 1. The van der Waals surface area contributed by atoms with E-state index in [1.165, 1.54) is 0 Å². The number of nitrogens with zero attached hydrogens (tertiary/aromatic N) is 1. The fourth-order valence-corrected chi connectivity index (χ4v) is 2.43. The number of halogens is 1. The normalized spacial score (nSPS) is 10.7. The Bertz CT molecular complexity index is 797. The third-order valence-corrected chi connectivity index (χ3v) is 3.65. The fraction of sp³-hybridized carbons (Fsp3) is 0. The van der Waals surface area contributed by atoms with Crippen LogP contribution in [0.5, 0.6) is 0 Å². The molecular weight excluding hydrogens is 316 g/mol. The summed E-state index contributed by atoms with van der Waals surface area (Å²) in [6, 6.07) is 17.4. The summed E-state index contributed by atoms with van der Waals surface area (Å²) in [5.74, 6) is -0.519. The van der Waals surface area contributed by atoms with Gasteiger partial charge < -0.3 is 5.73 Å². The third kappa shape index (κ3) is 2.30. The maximum Gasteiger partial charge on any atom is 0.267 e. The number of amides is 1. The highest BCUT2D eigenvalue weighted by Gasteiger charge is 2.10. The molecule has 0 fully saturated rings. The Kier molecular flexibility index (Phi) is 3.24. The molecule has 0 atom stereocenters. The molecule has 2 aromatic carbocycles. The number of benzene rings is 2. The van der Waals surface area contributed by atoms with Gasteiger partial charge in [-0.3, -0.25) is 4.79 Å². The van der Waals surface area contributed by atoms with Crippen LogP contribution in [0.25, 0.3) is 22.0 Å². The summed E-state index contributed by atoms with van der Waals surface area (Å²) in [5, 5.41) is 1.000. The zero-order valence-electron chi connectivity index (χ0n) is 10.5. The molecule has 0 unspecified atom stereocenters. The van der Waals surface area contributed by atoms with Crippen molar-refractivity contribution >= 4 is 32.7 Å². The number of primary amides is 1. The molecule has 4 heteroatoms. The topological polar surface area (TPSA) is 56.0 Å². The van der Waals surface area contributed by atoms with Gasteiger partial charge in [-0.2, -0.15) is 0 Å². The highest BCUT2D eigenvalue weighted by Crippen LogP contribution is 2.29. The van der Waals surface area contributed by atoms with Gasteiger partial charge >= 0.3 is 0 Å². The fourth-order valence-electron chi connectivity index (χ4n) is 2.17. The molecule has 1 heterocycles. The molecule has 1 aromatic heterocycles. The molecule has 0 aliphatic rings. The van der Waals surface area contributed by atoms with Crippen LogP contribution in [0, 0.1) is 0 Å². The number of fused-ring (bicyclic) bond motifs is 1. The van der Waals surface area contributed by atoms with Gasteiger partial charge in [-0.25, -0.2) is 4.98 Å². The van der Waals surface area contributed by atoms with E-state index in [9.17, 15) is 4.79 Å². The molecule has 3 aromatic rings. The minimum atomic E-state index is -0.519. The first-order valence-electron chi connectivity index (χ1n) is 6.11. The van der Waals surface area contributed by atoms with E-state index < -0.39 is 5.91 Å². The van der Waals surface area contributed by atoms with E-state index in [4.69, 9.17) is 5.73 Å². The Morgan fingerprint density at radius 2 is 1.75 bits per heavy atom. The van der Waals surface area contributed by atoms with Crippen molar-refractivity contribution in [1.29, 1.82) is 0 Å². The summed E-state index contributed by atoms with van der Waals surface area (Å²) >= 11 is 3.42. The van der Waals surface area contributed by atoms with Gasteiger partial charge in [-0.15, -0.1) is 0 Å². The highest BCUT2D eigenvalue weighted by molar-refractivity contribution is 9.10. The predicted octanol–water partition coefficient (Wildman–Crippen LogP) is 3.76. The van der Waals surface area contributed by atoms with Crippen molar-refractivity contribution < 1.29 is 4.79 Å². The number of rotatable bonds is 2. The Balaban J connectivity index is 2.32. The first kappa shape index (κ1) is 12.8. The molecule has 2 N–H and O–H groups in total. The first-order valence-corrected chi connectivity index (χ1v) is 6.90. The molecule has 98 valence electrons. The van der Waals surface area contributed by atoms with Gasteiger partial charge in [0.2, 0.25) is 0 Å². The number of para-hydroxylation sites is 1. The average Bonchev–Trinajstić information content (AvgIpc) is 2.47. The summed E-state index contributed by atoms with van der Waals surface area (Å²) < 4.78 is 1.01. The second-order valence-corrected chi connectivity index (χ2v) is 5.36. The Labute approximate surface area is 124 Å². The minimum Gasteiger partial charge on any atom is -0.364 e. The van der Waals surface area contributed by atoms with Crippen LogP contribution in [0.3, 0.4) is 0 Å². The van der Waals surface area contributed by atoms with Gasteiger partial charge in [-0.05, 0) is 35.4 Å². The standard InChI is InChI=1S/C16H11BrN2O/c17-11-7-5-10(6-8-11)13-9-15(16(18)20)19-14-4-2-1-3-12(13)14/h1-9H,(H2,18,20). The summed E-state index contributed by atoms with van der Waals surface area (Å²) in [5.41, 5.74) is 8.39. The van der Waals surface area contributed by atoms with Gasteiger partial charge in [0.05, 0.1) is 5.52 Å². The first-order chi connectivity index (χ1) is 9.65. The van der Waals surface area contributed by atoms with Crippen molar-refractivity contribution in [1.82, 2.24) is 4.98 Å². The number of hydrogen-bond donors (Lipinski definition) is 1. The lowest BCUT2D eigenvalue weighted by Gasteiger charge is -2.08. The van der Waals surface area contributed by atoms with Crippen LogP contribution < -0.4 is 5.73 Å². The Morgan fingerprint density at radius 1 is 1.05 bits per heavy atom.